The van der Waals surface area contributed by atoms with Gasteiger partial charge in [-0.05, 0) is 35.4 Å². The Balaban J connectivity index is 2.51. The highest BCUT2D eigenvalue weighted by molar-refractivity contribution is 7.52. The van der Waals surface area contributed by atoms with Crippen LogP contribution in [0.1, 0.15) is 16.8 Å². The Labute approximate surface area is 108 Å². The Morgan fingerprint density at radius 2 is 1.11 bits per heavy atom. The van der Waals surface area contributed by atoms with Crippen molar-refractivity contribution in [2.45, 2.75) is 5.66 Å². The average Bonchev–Trinajstić information content (AvgIpc) is 2.33. The summed E-state index contributed by atoms with van der Waals surface area (Å²) in [5, 5.41) is 0. The molecule has 3 nitrogen and oxygen atoms in total. The highest BCUT2D eigenvalue weighted by atomic mass is 31.2. The van der Waals surface area contributed by atoms with Crippen LogP contribution in [0.25, 0.3) is 0 Å². The van der Waals surface area contributed by atoms with Gasteiger partial charge in [0, 0.05) is 0 Å². The van der Waals surface area contributed by atoms with E-state index < -0.39 is 24.9 Å². The van der Waals surface area contributed by atoms with Crippen LogP contribution in [0.3, 0.4) is 0 Å². The summed E-state index contributed by atoms with van der Waals surface area (Å²) >= 11 is 0. The fourth-order valence-electron chi connectivity index (χ4n) is 1.87. The van der Waals surface area contributed by atoms with E-state index in [1.165, 1.54) is 24.3 Å². The SMILES string of the molecule is O=P(O)(O)C(c1ccc(F)cc1)c1ccc(F)cc1. The standard InChI is InChI=1S/C13H11F2O3P/c14-11-5-1-9(2-6-11)13(19(16,17)18)10-3-7-12(15)8-4-10/h1-8,13H,(H2,16,17,18). The highest BCUT2D eigenvalue weighted by Gasteiger charge is 2.32. The number of hydrogen-bond acceptors (Lipinski definition) is 1. The summed E-state index contributed by atoms with van der Waals surface area (Å²) in [5.74, 6) is -0.986. The van der Waals surface area contributed by atoms with Crippen molar-refractivity contribution in [3.63, 3.8) is 0 Å². The van der Waals surface area contributed by atoms with Gasteiger partial charge in [-0.3, -0.25) is 4.57 Å². The maximum atomic E-state index is 12.9. The molecule has 0 atom stereocenters. The summed E-state index contributed by atoms with van der Waals surface area (Å²) < 4.78 is 37.3. The van der Waals surface area contributed by atoms with Crippen molar-refractivity contribution in [3.05, 3.63) is 71.3 Å². The number of halogens is 2. The maximum Gasteiger partial charge on any atom is 0.337 e. The summed E-state index contributed by atoms with van der Waals surface area (Å²) in [6.45, 7) is 0. The Morgan fingerprint density at radius 3 is 1.37 bits per heavy atom. The van der Waals surface area contributed by atoms with E-state index in [0.29, 0.717) is 0 Å². The lowest BCUT2D eigenvalue weighted by Crippen LogP contribution is -2.02. The summed E-state index contributed by atoms with van der Waals surface area (Å²) in [5.41, 5.74) is -0.670. The topological polar surface area (TPSA) is 57.5 Å². The van der Waals surface area contributed by atoms with Crippen LogP contribution in [0.2, 0.25) is 0 Å². The summed E-state index contributed by atoms with van der Waals surface area (Å²) in [4.78, 5) is 18.9. The predicted octanol–water partition coefficient (Wildman–Crippen LogP) is 3.23. The zero-order chi connectivity index (χ0) is 14.0. The van der Waals surface area contributed by atoms with Crippen molar-refractivity contribution in [2.24, 2.45) is 0 Å². The van der Waals surface area contributed by atoms with Crippen molar-refractivity contribution in [1.29, 1.82) is 0 Å². The van der Waals surface area contributed by atoms with Crippen molar-refractivity contribution in [2.75, 3.05) is 0 Å². The molecule has 0 saturated heterocycles. The molecule has 0 saturated carbocycles. The van der Waals surface area contributed by atoms with Gasteiger partial charge in [-0.1, -0.05) is 24.3 Å². The van der Waals surface area contributed by atoms with Gasteiger partial charge in [0.1, 0.15) is 17.3 Å². The molecule has 0 unspecified atom stereocenters. The summed E-state index contributed by atoms with van der Waals surface area (Å²) in [6.07, 6.45) is 0. The normalized spacial score (nSPS) is 11.8. The first-order chi connectivity index (χ1) is 8.88. The molecular formula is C13H11F2O3P. The third-order valence-corrected chi connectivity index (χ3v) is 3.98. The molecular weight excluding hydrogens is 273 g/mol. The molecule has 0 fully saturated rings. The van der Waals surface area contributed by atoms with Gasteiger partial charge in [0.2, 0.25) is 0 Å². The minimum atomic E-state index is -4.49. The van der Waals surface area contributed by atoms with E-state index in [0.717, 1.165) is 24.3 Å². The third-order valence-electron chi connectivity index (χ3n) is 2.71. The van der Waals surface area contributed by atoms with Gasteiger partial charge < -0.3 is 9.79 Å². The third kappa shape index (κ3) is 3.26. The van der Waals surface area contributed by atoms with E-state index >= 15 is 0 Å². The summed E-state index contributed by atoms with van der Waals surface area (Å²) in [7, 11) is -4.49. The zero-order valence-electron chi connectivity index (χ0n) is 9.70. The van der Waals surface area contributed by atoms with Crippen molar-refractivity contribution in [3.8, 4) is 0 Å². The molecule has 2 aromatic rings. The molecule has 2 aromatic carbocycles. The molecule has 19 heavy (non-hydrogen) atoms. The largest absolute Gasteiger partial charge is 0.337 e. The van der Waals surface area contributed by atoms with Crippen LogP contribution >= 0.6 is 7.60 Å². The lowest BCUT2D eigenvalue weighted by atomic mass is 10.0. The van der Waals surface area contributed by atoms with Gasteiger partial charge in [0.15, 0.2) is 0 Å². The molecule has 0 aliphatic carbocycles. The van der Waals surface area contributed by atoms with Gasteiger partial charge in [0.25, 0.3) is 0 Å². The molecule has 0 spiro atoms. The van der Waals surface area contributed by atoms with Crippen LogP contribution in [-0.4, -0.2) is 9.79 Å². The second kappa shape index (κ2) is 5.21. The van der Waals surface area contributed by atoms with E-state index in [1.54, 1.807) is 0 Å². The van der Waals surface area contributed by atoms with Crippen LogP contribution < -0.4 is 0 Å². The van der Waals surface area contributed by atoms with Gasteiger partial charge >= 0.3 is 7.60 Å². The van der Waals surface area contributed by atoms with E-state index in [4.69, 9.17) is 0 Å². The molecule has 6 heteroatoms. The van der Waals surface area contributed by atoms with Crippen molar-refractivity contribution in [1.82, 2.24) is 0 Å². The Bertz CT molecular complexity index is 559. The molecule has 0 aliphatic heterocycles. The number of rotatable bonds is 3. The molecule has 0 aromatic heterocycles. The monoisotopic (exact) mass is 284 g/mol. The first-order valence-corrected chi connectivity index (χ1v) is 7.12. The molecule has 0 bridgehead atoms. The Hall–Kier alpha value is -1.55. The minimum Gasteiger partial charge on any atom is -0.324 e. The van der Waals surface area contributed by atoms with Gasteiger partial charge in [-0.25, -0.2) is 8.78 Å². The molecule has 0 radical (unpaired) electrons. The van der Waals surface area contributed by atoms with Crippen LogP contribution in [0.15, 0.2) is 48.5 Å². The van der Waals surface area contributed by atoms with Crippen LogP contribution in [0, 0.1) is 11.6 Å². The first kappa shape index (κ1) is 13.9. The van der Waals surface area contributed by atoms with Gasteiger partial charge in [0.05, 0.1) is 0 Å². The van der Waals surface area contributed by atoms with E-state index in [-0.39, 0.29) is 11.1 Å². The molecule has 2 rings (SSSR count). The number of hydrogen-bond donors (Lipinski definition) is 2. The van der Waals surface area contributed by atoms with E-state index in [2.05, 4.69) is 0 Å². The molecule has 100 valence electrons. The molecule has 2 N–H and O–H groups in total. The fourth-order valence-corrected chi connectivity index (χ4v) is 2.99. The minimum absolute atomic E-state index is 0.279. The quantitative estimate of drug-likeness (QED) is 0.851. The Kier molecular flexibility index (Phi) is 3.80. The predicted molar refractivity (Wildman–Crippen MR) is 66.7 cm³/mol. The highest BCUT2D eigenvalue weighted by Crippen LogP contribution is 2.55. The maximum absolute atomic E-state index is 12.9. The lowest BCUT2D eigenvalue weighted by molar-refractivity contribution is 0.364. The van der Waals surface area contributed by atoms with Crippen LogP contribution in [0.5, 0.6) is 0 Å². The zero-order valence-corrected chi connectivity index (χ0v) is 10.6. The molecule has 0 heterocycles. The van der Waals surface area contributed by atoms with Crippen molar-refractivity contribution < 1.29 is 23.1 Å². The average molecular weight is 284 g/mol. The lowest BCUT2D eigenvalue weighted by Gasteiger charge is -2.19. The second-order valence-electron chi connectivity index (χ2n) is 4.09. The van der Waals surface area contributed by atoms with Crippen LogP contribution in [0.4, 0.5) is 8.78 Å². The van der Waals surface area contributed by atoms with Gasteiger partial charge in [-0.15, -0.1) is 0 Å². The smallest absolute Gasteiger partial charge is 0.324 e. The second-order valence-corrected chi connectivity index (χ2v) is 5.79. The Morgan fingerprint density at radius 1 is 0.789 bits per heavy atom. The molecule has 0 aliphatic rings. The number of benzene rings is 2. The summed E-state index contributed by atoms with van der Waals surface area (Å²) in [6, 6.07) is 9.74. The molecule has 0 amide bonds. The fraction of sp³-hybridized carbons (Fsp3) is 0.0769. The van der Waals surface area contributed by atoms with E-state index in [1.807, 2.05) is 0 Å². The first-order valence-electron chi connectivity index (χ1n) is 5.44. The van der Waals surface area contributed by atoms with Crippen LogP contribution in [-0.2, 0) is 4.57 Å². The van der Waals surface area contributed by atoms with Gasteiger partial charge in [-0.2, -0.15) is 0 Å². The van der Waals surface area contributed by atoms with E-state index in [9.17, 15) is 23.1 Å². The van der Waals surface area contributed by atoms with Crippen molar-refractivity contribution >= 4 is 7.60 Å².